The van der Waals surface area contributed by atoms with Gasteiger partial charge in [0.15, 0.2) is 5.69 Å². The lowest BCUT2D eigenvalue weighted by Gasteiger charge is -2.11. The molecule has 32 heavy (non-hydrogen) atoms. The highest BCUT2D eigenvalue weighted by atomic mass is 16.5. The van der Waals surface area contributed by atoms with Gasteiger partial charge in [0.1, 0.15) is 17.0 Å². The van der Waals surface area contributed by atoms with Gasteiger partial charge in [0, 0.05) is 5.56 Å². The van der Waals surface area contributed by atoms with E-state index in [1.807, 2.05) is 6.07 Å². The van der Waals surface area contributed by atoms with Crippen molar-refractivity contribution in [3.63, 3.8) is 0 Å². The van der Waals surface area contributed by atoms with Crippen LogP contribution in [0.1, 0.15) is 38.1 Å². The molecular weight excluding hydrogens is 416 g/mol. The van der Waals surface area contributed by atoms with Gasteiger partial charge in [0.2, 0.25) is 0 Å². The molecule has 0 amide bonds. The Hall–Kier alpha value is -4.14. The molecule has 0 aliphatic heterocycles. The minimum Gasteiger partial charge on any atom is -0.493 e. The van der Waals surface area contributed by atoms with E-state index >= 15 is 0 Å². The number of methoxy groups -OCH3 is 3. The van der Waals surface area contributed by atoms with Gasteiger partial charge in [-0.2, -0.15) is 5.10 Å². The van der Waals surface area contributed by atoms with E-state index < -0.39 is 17.9 Å². The highest BCUT2D eigenvalue weighted by Gasteiger charge is 2.32. The first-order valence-corrected chi connectivity index (χ1v) is 9.67. The lowest BCUT2D eigenvalue weighted by Crippen LogP contribution is -2.15. The third-order valence-corrected chi connectivity index (χ3v) is 4.61. The molecule has 0 fully saturated rings. The highest BCUT2D eigenvalue weighted by Crippen LogP contribution is 2.36. The Kier molecular flexibility index (Phi) is 6.89. The normalized spacial score (nSPS) is 10.4. The number of ether oxygens (including phenoxy) is 4. The molecule has 0 aliphatic carbocycles. The van der Waals surface area contributed by atoms with Gasteiger partial charge < -0.3 is 18.9 Å². The van der Waals surface area contributed by atoms with Gasteiger partial charge >= 0.3 is 17.9 Å². The van der Waals surface area contributed by atoms with E-state index in [4.69, 9.17) is 18.9 Å². The first-order chi connectivity index (χ1) is 15.5. The summed E-state index contributed by atoms with van der Waals surface area (Å²) >= 11 is 0. The topological polar surface area (TPSA) is 106 Å². The molecule has 3 aromatic rings. The van der Waals surface area contributed by atoms with Crippen molar-refractivity contribution in [3.05, 3.63) is 65.4 Å². The van der Waals surface area contributed by atoms with Gasteiger partial charge in [-0.05, 0) is 37.3 Å². The molecule has 0 atom stereocenters. The van der Waals surface area contributed by atoms with E-state index in [1.54, 1.807) is 37.3 Å². The van der Waals surface area contributed by atoms with Crippen LogP contribution in [0.4, 0.5) is 0 Å². The van der Waals surface area contributed by atoms with Crippen LogP contribution in [0, 0.1) is 0 Å². The van der Waals surface area contributed by atoms with E-state index in [1.165, 1.54) is 38.1 Å². The minimum atomic E-state index is -0.776. The van der Waals surface area contributed by atoms with Crippen molar-refractivity contribution in [3.8, 4) is 22.7 Å². The molecule has 1 aromatic heterocycles. The molecule has 0 saturated carbocycles. The zero-order valence-electron chi connectivity index (χ0n) is 18.1. The number of nitrogens with zero attached hydrogens (tertiary/aromatic N) is 2. The fraction of sp³-hybridized carbons (Fsp3) is 0.217. The van der Waals surface area contributed by atoms with Gasteiger partial charge in [-0.1, -0.05) is 18.2 Å². The zero-order valence-corrected chi connectivity index (χ0v) is 18.1. The second kappa shape index (κ2) is 9.78. The number of carbonyl (C=O) groups is 3. The smallest absolute Gasteiger partial charge is 0.357 e. The van der Waals surface area contributed by atoms with Crippen LogP contribution in [0.5, 0.6) is 5.75 Å². The molecule has 0 bridgehead atoms. The third-order valence-electron chi connectivity index (χ3n) is 4.61. The third kappa shape index (κ3) is 4.18. The van der Waals surface area contributed by atoms with Gasteiger partial charge in [-0.3, -0.25) is 0 Å². The summed E-state index contributed by atoms with van der Waals surface area (Å²) in [5.41, 5.74) is 1.14. The van der Waals surface area contributed by atoms with Gasteiger partial charge in [0.05, 0.1) is 39.2 Å². The fourth-order valence-electron chi connectivity index (χ4n) is 3.18. The number of rotatable bonds is 7. The summed E-state index contributed by atoms with van der Waals surface area (Å²) in [7, 11) is 3.69. The average Bonchev–Trinajstić information content (AvgIpc) is 3.23. The van der Waals surface area contributed by atoms with E-state index in [-0.39, 0.29) is 34.9 Å². The van der Waals surface area contributed by atoms with Crippen molar-refractivity contribution < 1.29 is 33.3 Å². The molecule has 0 aliphatic rings. The van der Waals surface area contributed by atoms with Crippen LogP contribution in [0.15, 0.2) is 48.5 Å². The molecule has 0 radical (unpaired) electrons. The first kappa shape index (κ1) is 22.5. The van der Waals surface area contributed by atoms with Crippen LogP contribution in [-0.2, 0) is 14.2 Å². The van der Waals surface area contributed by atoms with E-state index in [9.17, 15) is 14.4 Å². The second-order valence-electron chi connectivity index (χ2n) is 6.44. The Morgan fingerprint density at radius 2 is 1.53 bits per heavy atom. The standard InChI is InChI=1S/C23H22N2O7/c1-5-32-17-13-14(21(26)29-2)11-12-16(17)19-18(22(27)30-3)20(23(28)31-4)25(24-19)15-9-7-6-8-10-15/h6-13H,5H2,1-4H3. The maximum Gasteiger partial charge on any atom is 0.357 e. The van der Waals surface area contributed by atoms with Crippen molar-refractivity contribution in [2.24, 2.45) is 0 Å². The predicted octanol–water partition coefficient (Wildman–Crippen LogP) is 3.30. The minimum absolute atomic E-state index is 0.0880. The monoisotopic (exact) mass is 438 g/mol. The maximum atomic E-state index is 12.8. The van der Waals surface area contributed by atoms with Crippen molar-refractivity contribution in [2.45, 2.75) is 6.92 Å². The number of para-hydroxylation sites is 1. The van der Waals surface area contributed by atoms with Crippen LogP contribution in [-0.4, -0.2) is 55.6 Å². The molecular formula is C23H22N2O7. The summed E-state index contributed by atoms with van der Waals surface area (Å²) in [5.74, 6) is -1.80. The number of aromatic nitrogens is 2. The molecule has 3 rings (SSSR count). The Labute approximate surface area is 184 Å². The number of hydrogen-bond donors (Lipinski definition) is 0. The molecule has 0 spiro atoms. The summed E-state index contributed by atoms with van der Waals surface area (Å²) in [6.45, 7) is 2.06. The largest absolute Gasteiger partial charge is 0.493 e. The second-order valence-corrected chi connectivity index (χ2v) is 6.44. The number of esters is 3. The fourth-order valence-corrected chi connectivity index (χ4v) is 3.18. The Morgan fingerprint density at radius 3 is 2.12 bits per heavy atom. The zero-order chi connectivity index (χ0) is 23.3. The number of benzene rings is 2. The molecule has 166 valence electrons. The van der Waals surface area contributed by atoms with Gasteiger partial charge in [-0.15, -0.1) is 0 Å². The summed E-state index contributed by atoms with van der Waals surface area (Å²) in [5, 5.41) is 4.55. The maximum absolute atomic E-state index is 12.8. The Balaban J connectivity index is 2.36. The van der Waals surface area contributed by atoms with Crippen molar-refractivity contribution >= 4 is 17.9 Å². The molecule has 9 nitrogen and oxygen atoms in total. The SMILES string of the molecule is CCOc1cc(C(=O)OC)ccc1-c1nn(-c2ccccc2)c(C(=O)OC)c1C(=O)OC. The summed E-state index contributed by atoms with van der Waals surface area (Å²) in [6, 6.07) is 13.4. The van der Waals surface area contributed by atoms with Crippen LogP contribution >= 0.6 is 0 Å². The van der Waals surface area contributed by atoms with Crippen molar-refractivity contribution in [1.82, 2.24) is 9.78 Å². The average molecular weight is 438 g/mol. The Bertz CT molecular complexity index is 1150. The van der Waals surface area contributed by atoms with E-state index in [2.05, 4.69) is 5.10 Å². The van der Waals surface area contributed by atoms with E-state index in [0.29, 0.717) is 11.3 Å². The number of carbonyl (C=O) groups excluding carboxylic acids is 3. The van der Waals surface area contributed by atoms with Gasteiger partial charge in [-0.25, -0.2) is 19.1 Å². The molecule has 1 heterocycles. The molecule has 0 unspecified atom stereocenters. The van der Waals surface area contributed by atoms with Gasteiger partial charge in [0.25, 0.3) is 0 Å². The van der Waals surface area contributed by atoms with Crippen LogP contribution in [0.3, 0.4) is 0 Å². The van der Waals surface area contributed by atoms with Crippen LogP contribution < -0.4 is 4.74 Å². The summed E-state index contributed by atoms with van der Waals surface area (Å²) in [6.07, 6.45) is 0. The van der Waals surface area contributed by atoms with Crippen molar-refractivity contribution in [1.29, 1.82) is 0 Å². The molecule has 2 aromatic carbocycles. The van der Waals surface area contributed by atoms with Crippen LogP contribution in [0.2, 0.25) is 0 Å². The lowest BCUT2D eigenvalue weighted by molar-refractivity contribution is 0.0549. The van der Waals surface area contributed by atoms with Crippen LogP contribution in [0.25, 0.3) is 16.9 Å². The highest BCUT2D eigenvalue weighted by molar-refractivity contribution is 6.07. The molecule has 0 N–H and O–H groups in total. The predicted molar refractivity (Wildman–Crippen MR) is 114 cm³/mol. The lowest BCUT2D eigenvalue weighted by atomic mass is 10.0. The van der Waals surface area contributed by atoms with Crippen molar-refractivity contribution in [2.75, 3.05) is 27.9 Å². The first-order valence-electron chi connectivity index (χ1n) is 9.67. The number of hydrogen-bond acceptors (Lipinski definition) is 8. The Morgan fingerprint density at radius 1 is 0.875 bits per heavy atom. The molecule has 9 heteroatoms. The summed E-state index contributed by atoms with van der Waals surface area (Å²) < 4.78 is 21.7. The van der Waals surface area contributed by atoms with E-state index in [0.717, 1.165) is 0 Å². The summed E-state index contributed by atoms with van der Waals surface area (Å²) in [4.78, 5) is 37.5. The molecule has 0 saturated heterocycles. The quantitative estimate of drug-likeness (QED) is 0.409.